The topological polar surface area (TPSA) is 72.6 Å². The standard InChI is InChI=1S/C23H25N3O4/c1-30-23(29)18-7-9-19(10-8-18)26-21(27)15-20(22(26)28)25-13-11-24(12-14-25)16-17-5-3-2-4-6-17/h2-10,20H,11-16H2,1H3/p+2. The van der Waals surface area contributed by atoms with Gasteiger partial charge < -0.3 is 14.5 Å². The minimum atomic E-state index is -0.446. The zero-order valence-corrected chi connectivity index (χ0v) is 17.1. The summed E-state index contributed by atoms with van der Waals surface area (Å²) in [5, 5.41) is 0. The van der Waals surface area contributed by atoms with Crippen molar-refractivity contribution >= 4 is 23.5 Å². The summed E-state index contributed by atoms with van der Waals surface area (Å²) in [6.07, 6.45) is 0.237. The molecule has 0 aromatic heterocycles. The highest BCUT2D eigenvalue weighted by atomic mass is 16.5. The molecule has 4 rings (SSSR count). The van der Waals surface area contributed by atoms with Crippen molar-refractivity contribution < 1.29 is 28.9 Å². The Morgan fingerprint density at radius 3 is 2.30 bits per heavy atom. The average molecular weight is 409 g/mol. The van der Waals surface area contributed by atoms with E-state index in [4.69, 9.17) is 4.74 Å². The Labute approximate surface area is 175 Å². The second-order valence-corrected chi connectivity index (χ2v) is 7.93. The van der Waals surface area contributed by atoms with Gasteiger partial charge in [0, 0.05) is 5.56 Å². The molecule has 0 bridgehead atoms. The number of benzene rings is 2. The third-order valence-electron chi connectivity index (χ3n) is 6.08. The number of rotatable bonds is 5. The molecule has 2 N–H and O–H groups in total. The number of carbonyl (C=O) groups excluding carboxylic acids is 3. The van der Waals surface area contributed by atoms with Crippen LogP contribution in [0.4, 0.5) is 5.69 Å². The van der Waals surface area contributed by atoms with Crippen LogP contribution in [-0.2, 0) is 20.9 Å². The van der Waals surface area contributed by atoms with Gasteiger partial charge in [0.2, 0.25) is 5.91 Å². The Bertz CT molecular complexity index is 921. The van der Waals surface area contributed by atoms with Gasteiger partial charge in [-0.1, -0.05) is 30.3 Å². The molecule has 30 heavy (non-hydrogen) atoms. The van der Waals surface area contributed by atoms with Gasteiger partial charge in [0.15, 0.2) is 6.04 Å². The van der Waals surface area contributed by atoms with Gasteiger partial charge in [0.05, 0.1) is 24.8 Å². The average Bonchev–Trinajstić information content (AvgIpc) is 3.08. The number of amides is 2. The number of ether oxygens (including phenoxy) is 1. The van der Waals surface area contributed by atoms with Crippen molar-refractivity contribution in [3.63, 3.8) is 0 Å². The van der Waals surface area contributed by atoms with E-state index in [0.717, 1.165) is 32.7 Å². The molecule has 0 spiro atoms. The number of nitrogens with zero attached hydrogens (tertiary/aromatic N) is 1. The molecular weight excluding hydrogens is 382 g/mol. The molecule has 0 radical (unpaired) electrons. The highest BCUT2D eigenvalue weighted by molar-refractivity contribution is 6.21. The second kappa shape index (κ2) is 8.77. The van der Waals surface area contributed by atoms with Crippen LogP contribution in [0, 0.1) is 0 Å². The molecule has 2 aromatic carbocycles. The molecule has 2 amide bonds. The lowest BCUT2D eigenvalue weighted by molar-refractivity contribution is -1.02. The van der Waals surface area contributed by atoms with Gasteiger partial charge in [-0.3, -0.25) is 9.59 Å². The molecular formula is C23H27N3O4+2. The molecule has 7 heteroatoms. The van der Waals surface area contributed by atoms with Crippen LogP contribution in [0.15, 0.2) is 54.6 Å². The lowest BCUT2D eigenvalue weighted by Gasteiger charge is -2.32. The van der Waals surface area contributed by atoms with Gasteiger partial charge >= 0.3 is 5.97 Å². The van der Waals surface area contributed by atoms with Gasteiger partial charge in [-0.2, -0.15) is 0 Å². The summed E-state index contributed by atoms with van der Waals surface area (Å²) in [4.78, 5) is 41.2. The molecule has 2 aromatic rings. The van der Waals surface area contributed by atoms with Crippen molar-refractivity contribution in [3.05, 3.63) is 65.7 Å². The first-order valence-electron chi connectivity index (χ1n) is 10.3. The van der Waals surface area contributed by atoms with E-state index in [1.54, 1.807) is 24.3 Å². The molecule has 7 nitrogen and oxygen atoms in total. The zero-order chi connectivity index (χ0) is 21.1. The lowest BCUT2D eigenvalue weighted by atomic mass is 10.1. The van der Waals surface area contributed by atoms with Crippen molar-refractivity contribution in [1.29, 1.82) is 0 Å². The van der Waals surface area contributed by atoms with E-state index in [1.807, 2.05) is 6.07 Å². The fourth-order valence-corrected chi connectivity index (χ4v) is 4.42. The number of quaternary nitrogens is 2. The number of hydrogen-bond acceptors (Lipinski definition) is 4. The number of methoxy groups -OCH3 is 1. The smallest absolute Gasteiger partial charge is 0.337 e. The Morgan fingerprint density at radius 2 is 1.67 bits per heavy atom. The van der Waals surface area contributed by atoms with Crippen LogP contribution in [0.25, 0.3) is 0 Å². The maximum absolute atomic E-state index is 13.0. The number of hydrogen-bond donors (Lipinski definition) is 2. The van der Waals surface area contributed by atoms with Gasteiger partial charge in [-0.25, -0.2) is 9.69 Å². The van der Waals surface area contributed by atoms with Crippen molar-refractivity contribution in [2.24, 2.45) is 0 Å². The Kier molecular flexibility index (Phi) is 5.92. The van der Waals surface area contributed by atoms with Crippen LogP contribution in [0.3, 0.4) is 0 Å². The summed E-state index contributed by atoms with van der Waals surface area (Å²) in [5.41, 5.74) is 2.22. The van der Waals surface area contributed by atoms with E-state index in [-0.39, 0.29) is 24.3 Å². The first-order valence-corrected chi connectivity index (χ1v) is 10.3. The van der Waals surface area contributed by atoms with Crippen LogP contribution in [0.2, 0.25) is 0 Å². The van der Waals surface area contributed by atoms with E-state index in [9.17, 15) is 14.4 Å². The summed E-state index contributed by atoms with van der Waals surface area (Å²) < 4.78 is 4.69. The van der Waals surface area contributed by atoms with Crippen molar-refractivity contribution in [2.45, 2.75) is 19.0 Å². The van der Waals surface area contributed by atoms with E-state index in [0.29, 0.717) is 11.3 Å². The maximum Gasteiger partial charge on any atom is 0.337 e. The van der Waals surface area contributed by atoms with Crippen LogP contribution in [0.5, 0.6) is 0 Å². The van der Waals surface area contributed by atoms with Gasteiger partial charge in [0.25, 0.3) is 5.91 Å². The quantitative estimate of drug-likeness (QED) is 0.496. The third kappa shape index (κ3) is 4.13. The summed E-state index contributed by atoms with van der Waals surface area (Å²) in [5.74, 6) is -0.770. The summed E-state index contributed by atoms with van der Waals surface area (Å²) in [6.45, 7) is 4.71. The van der Waals surface area contributed by atoms with Crippen molar-refractivity contribution in [1.82, 2.24) is 0 Å². The normalized spacial score (nSPS) is 24.2. The van der Waals surface area contributed by atoms with E-state index < -0.39 is 5.97 Å². The minimum absolute atomic E-state index is 0.146. The number of esters is 1. The first-order chi connectivity index (χ1) is 14.6. The SMILES string of the molecule is COC(=O)c1ccc(N2C(=O)CC([NH+]3CC[NH+](Cc4ccccc4)CC3)C2=O)cc1. The third-order valence-corrected chi connectivity index (χ3v) is 6.08. The Hall–Kier alpha value is -3.03. The summed E-state index contributed by atoms with van der Waals surface area (Å²) in [6, 6.07) is 16.5. The fourth-order valence-electron chi connectivity index (χ4n) is 4.42. The molecule has 156 valence electrons. The molecule has 2 saturated heterocycles. The monoisotopic (exact) mass is 409 g/mol. The van der Waals surface area contributed by atoms with Crippen LogP contribution in [-0.4, -0.2) is 57.1 Å². The van der Waals surface area contributed by atoms with Gasteiger partial charge in [0.1, 0.15) is 32.7 Å². The first kappa shape index (κ1) is 20.3. The molecule has 2 aliphatic rings. The fraction of sp³-hybridized carbons (Fsp3) is 0.348. The van der Waals surface area contributed by atoms with Gasteiger partial charge in [-0.15, -0.1) is 0 Å². The van der Waals surface area contributed by atoms with Crippen LogP contribution >= 0.6 is 0 Å². The van der Waals surface area contributed by atoms with E-state index >= 15 is 0 Å². The molecule has 1 unspecified atom stereocenters. The number of carbonyl (C=O) groups is 3. The molecule has 0 saturated carbocycles. The van der Waals surface area contributed by atoms with Crippen LogP contribution in [0.1, 0.15) is 22.3 Å². The lowest BCUT2D eigenvalue weighted by Crippen LogP contribution is -3.29. The molecule has 2 heterocycles. The number of piperazine rings is 1. The molecule has 1 atom stereocenters. The number of nitrogens with one attached hydrogen (secondary N) is 2. The summed E-state index contributed by atoms with van der Waals surface area (Å²) >= 11 is 0. The molecule has 2 fully saturated rings. The van der Waals surface area contributed by atoms with Crippen molar-refractivity contribution in [3.8, 4) is 0 Å². The predicted molar refractivity (Wildman–Crippen MR) is 110 cm³/mol. The Morgan fingerprint density at radius 1 is 1.00 bits per heavy atom. The van der Waals surface area contributed by atoms with E-state index in [1.165, 1.54) is 27.4 Å². The second-order valence-electron chi connectivity index (χ2n) is 7.93. The molecule has 0 aliphatic carbocycles. The summed E-state index contributed by atoms with van der Waals surface area (Å²) in [7, 11) is 1.32. The largest absolute Gasteiger partial charge is 0.465 e. The minimum Gasteiger partial charge on any atom is -0.465 e. The van der Waals surface area contributed by atoms with E-state index in [2.05, 4.69) is 24.3 Å². The number of imide groups is 1. The highest BCUT2D eigenvalue weighted by Crippen LogP contribution is 2.22. The molecule has 2 aliphatic heterocycles. The Balaban J connectivity index is 1.38. The maximum atomic E-state index is 13.0. The van der Waals surface area contributed by atoms with Crippen molar-refractivity contribution in [2.75, 3.05) is 38.2 Å². The predicted octanol–water partition coefficient (Wildman–Crippen LogP) is -0.911. The van der Waals surface area contributed by atoms with Crippen LogP contribution < -0.4 is 14.7 Å². The highest BCUT2D eigenvalue weighted by Gasteiger charge is 2.46. The van der Waals surface area contributed by atoms with Gasteiger partial charge in [-0.05, 0) is 24.3 Å². The number of anilines is 1. The zero-order valence-electron chi connectivity index (χ0n) is 17.1.